The average Bonchev–Trinajstić information content (AvgIpc) is 2.69. The Hall–Kier alpha value is -3.51. The first-order valence-electron chi connectivity index (χ1n) is 7.94. The number of rotatable bonds is 5. The van der Waals surface area contributed by atoms with E-state index in [9.17, 15) is 20.0 Å². The Kier molecular flexibility index (Phi) is 5.05. The molecule has 6 heteroatoms. The molecule has 2 N–H and O–H groups in total. The number of carbonyl (C=O) groups excluding carboxylic acids is 1. The van der Waals surface area contributed by atoms with Gasteiger partial charge >= 0.3 is 0 Å². The first-order valence-corrected chi connectivity index (χ1v) is 7.94. The summed E-state index contributed by atoms with van der Waals surface area (Å²) in [6.07, 6.45) is -1.11. The minimum Gasteiger partial charge on any atom is -0.384 e. The van der Waals surface area contributed by atoms with Crippen molar-refractivity contribution in [3.8, 4) is 0 Å². The Balaban J connectivity index is 1.99. The molecular formula is C20H16N2O4. The van der Waals surface area contributed by atoms with E-state index in [4.69, 9.17) is 0 Å². The number of hydrogen-bond donors (Lipinski definition) is 2. The molecule has 1 unspecified atom stereocenters. The number of amides is 1. The fraction of sp³-hybridized carbons (Fsp3) is 0.0500. The van der Waals surface area contributed by atoms with Gasteiger partial charge in [-0.25, -0.2) is 0 Å². The van der Waals surface area contributed by atoms with Crippen LogP contribution in [0.5, 0.6) is 0 Å². The van der Waals surface area contributed by atoms with Crippen molar-refractivity contribution in [2.75, 3.05) is 5.32 Å². The Morgan fingerprint density at radius 2 is 1.58 bits per heavy atom. The third-order valence-electron chi connectivity index (χ3n) is 3.94. The number of nitro groups is 1. The van der Waals surface area contributed by atoms with Crippen LogP contribution in [0.4, 0.5) is 11.4 Å². The second-order valence-corrected chi connectivity index (χ2v) is 5.66. The highest BCUT2D eigenvalue weighted by Gasteiger charge is 2.20. The summed E-state index contributed by atoms with van der Waals surface area (Å²) in [6, 6.07) is 21.4. The molecule has 0 bridgehead atoms. The van der Waals surface area contributed by atoms with Gasteiger partial charge < -0.3 is 10.4 Å². The smallest absolute Gasteiger partial charge is 0.269 e. The number of aliphatic hydroxyl groups excluding tert-OH is 1. The number of anilines is 1. The molecule has 0 spiro atoms. The molecule has 0 saturated carbocycles. The summed E-state index contributed by atoms with van der Waals surface area (Å²) < 4.78 is 0. The van der Waals surface area contributed by atoms with Gasteiger partial charge in [0.2, 0.25) is 0 Å². The van der Waals surface area contributed by atoms with Gasteiger partial charge in [-0.1, -0.05) is 48.5 Å². The van der Waals surface area contributed by atoms with Gasteiger partial charge in [0, 0.05) is 28.9 Å². The minimum atomic E-state index is -1.11. The van der Waals surface area contributed by atoms with Gasteiger partial charge in [-0.2, -0.15) is 0 Å². The average molecular weight is 348 g/mol. The van der Waals surface area contributed by atoms with Crippen molar-refractivity contribution >= 4 is 17.3 Å². The maximum atomic E-state index is 12.4. The molecule has 130 valence electrons. The number of nitrogens with zero attached hydrogens (tertiary/aromatic N) is 1. The van der Waals surface area contributed by atoms with E-state index in [-0.39, 0.29) is 17.2 Å². The molecule has 26 heavy (non-hydrogen) atoms. The lowest BCUT2D eigenvalue weighted by Crippen LogP contribution is -2.15. The number of nitro benzene ring substituents is 1. The van der Waals surface area contributed by atoms with E-state index in [0.717, 1.165) is 0 Å². The molecule has 0 aliphatic heterocycles. The lowest BCUT2D eigenvalue weighted by Gasteiger charge is -2.16. The van der Waals surface area contributed by atoms with Crippen LogP contribution in [0.2, 0.25) is 0 Å². The second-order valence-electron chi connectivity index (χ2n) is 5.66. The molecule has 3 rings (SSSR count). The number of hydrogen-bond acceptors (Lipinski definition) is 4. The van der Waals surface area contributed by atoms with Crippen LogP contribution in [-0.2, 0) is 0 Å². The van der Waals surface area contributed by atoms with E-state index in [0.29, 0.717) is 16.8 Å². The summed E-state index contributed by atoms with van der Waals surface area (Å²) >= 11 is 0. The predicted octanol–water partition coefficient (Wildman–Crippen LogP) is 3.93. The van der Waals surface area contributed by atoms with Gasteiger partial charge in [0.25, 0.3) is 11.6 Å². The van der Waals surface area contributed by atoms with Crippen molar-refractivity contribution < 1.29 is 14.8 Å². The van der Waals surface area contributed by atoms with Gasteiger partial charge in [0.15, 0.2) is 0 Å². The van der Waals surface area contributed by atoms with E-state index in [1.165, 1.54) is 18.2 Å². The fourth-order valence-electron chi connectivity index (χ4n) is 2.60. The number of nitrogens with one attached hydrogen (secondary N) is 1. The zero-order valence-corrected chi connectivity index (χ0v) is 13.7. The van der Waals surface area contributed by atoms with Crippen molar-refractivity contribution in [3.05, 3.63) is 106 Å². The quantitative estimate of drug-likeness (QED) is 0.540. The number of non-ortho nitro benzene ring substituents is 1. The third kappa shape index (κ3) is 3.76. The topological polar surface area (TPSA) is 92.5 Å². The van der Waals surface area contributed by atoms with Gasteiger partial charge in [-0.05, 0) is 23.8 Å². The first-order chi connectivity index (χ1) is 12.6. The lowest BCUT2D eigenvalue weighted by molar-refractivity contribution is -0.384. The summed E-state index contributed by atoms with van der Waals surface area (Å²) in [6.45, 7) is 0. The van der Waals surface area contributed by atoms with E-state index >= 15 is 0 Å². The first kappa shape index (κ1) is 17.3. The molecule has 3 aromatic rings. The van der Waals surface area contributed by atoms with Crippen molar-refractivity contribution in [2.45, 2.75) is 6.10 Å². The zero-order valence-electron chi connectivity index (χ0n) is 13.7. The highest BCUT2D eigenvalue weighted by molar-refractivity contribution is 6.04. The minimum absolute atomic E-state index is 0.160. The summed E-state index contributed by atoms with van der Waals surface area (Å²) in [5.41, 5.74) is 1.44. The fourth-order valence-corrected chi connectivity index (χ4v) is 2.60. The number of aliphatic hydroxyl groups is 1. The monoisotopic (exact) mass is 348 g/mol. The van der Waals surface area contributed by atoms with Gasteiger partial charge in [0.05, 0.1) is 4.92 Å². The molecule has 0 fully saturated rings. The van der Waals surface area contributed by atoms with E-state index in [2.05, 4.69) is 5.32 Å². The summed E-state index contributed by atoms with van der Waals surface area (Å²) in [5, 5.41) is 24.5. The Morgan fingerprint density at radius 3 is 2.19 bits per heavy atom. The van der Waals surface area contributed by atoms with E-state index in [1.54, 1.807) is 54.6 Å². The van der Waals surface area contributed by atoms with E-state index in [1.807, 2.05) is 6.07 Å². The maximum absolute atomic E-state index is 12.4. The van der Waals surface area contributed by atoms with Crippen LogP contribution in [0.1, 0.15) is 27.6 Å². The summed E-state index contributed by atoms with van der Waals surface area (Å²) in [4.78, 5) is 23.0. The van der Waals surface area contributed by atoms with Crippen LogP contribution in [0.15, 0.2) is 78.9 Å². The van der Waals surface area contributed by atoms with Crippen molar-refractivity contribution in [1.82, 2.24) is 0 Å². The number of benzene rings is 3. The van der Waals surface area contributed by atoms with Crippen LogP contribution in [0.25, 0.3) is 0 Å². The van der Waals surface area contributed by atoms with Gasteiger partial charge in [0.1, 0.15) is 6.10 Å². The van der Waals surface area contributed by atoms with Crippen LogP contribution in [-0.4, -0.2) is 15.9 Å². The molecular weight excluding hydrogens is 332 g/mol. The van der Waals surface area contributed by atoms with Gasteiger partial charge in [-0.15, -0.1) is 0 Å². The van der Waals surface area contributed by atoms with Crippen molar-refractivity contribution in [2.24, 2.45) is 0 Å². The molecule has 0 heterocycles. The standard InChI is InChI=1S/C20H16N2O4/c23-19(14-7-3-1-4-8-14)17-13-16(22(25)26)11-12-18(17)21-20(24)15-9-5-2-6-10-15/h1-13,19,23H,(H,21,24). The number of carbonyl (C=O) groups is 1. The van der Waals surface area contributed by atoms with Crippen LogP contribution < -0.4 is 5.32 Å². The normalized spacial score (nSPS) is 11.6. The van der Waals surface area contributed by atoms with Crippen molar-refractivity contribution in [3.63, 3.8) is 0 Å². The summed E-state index contributed by atoms with van der Waals surface area (Å²) in [7, 11) is 0. The second kappa shape index (κ2) is 7.58. The van der Waals surface area contributed by atoms with Crippen LogP contribution in [0.3, 0.4) is 0 Å². The predicted molar refractivity (Wildman–Crippen MR) is 98.0 cm³/mol. The lowest BCUT2D eigenvalue weighted by atomic mass is 9.99. The van der Waals surface area contributed by atoms with Crippen molar-refractivity contribution in [1.29, 1.82) is 0 Å². The molecule has 1 amide bonds. The molecule has 0 radical (unpaired) electrons. The molecule has 1 atom stereocenters. The molecule has 6 nitrogen and oxygen atoms in total. The molecule has 0 saturated heterocycles. The Morgan fingerprint density at radius 1 is 0.962 bits per heavy atom. The molecule has 0 aliphatic carbocycles. The molecule has 3 aromatic carbocycles. The molecule has 0 aliphatic rings. The van der Waals surface area contributed by atoms with E-state index < -0.39 is 11.0 Å². The van der Waals surface area contributed by atoms with Crippen LogP contribution >= 0.6 is 0 Å². The van der Waals surface area contributed by atoms with Crippen LogP contribution in [0, 0.1) is 10.1 Å². The highest BCUT2D eigenvalue weighted by atomic mass is 16.6. The van der Waals surface area contributed by atoms with Gasteiger partial charge in [-0.3, -0.25) is 14.9 Å². The maximum Gasteiger partial charge on any atom is 0.269 e. The summed E-state index contributed by atoms with van der Waals surface area (Å²) in [5.74, 6) is -0.360. The SMILES string of the molecule is O=C(Nc1ccc([N+](=O)[O-])cc1C(O)c1ccccc1)c1ccccc1. The highest BCUT2D eigenvalue weighted by Crippen LogP contribution is 2.32. The zero-order chi connectivity index (χ0) is 18.5. The third-order valence-corrected chi connectivity index (χ3v) is 3.94. The Bertz CT molecular complexity index is 927. The molecule has 0 aromatic heterocycles. The Labute approximate surface area is 149 Å². The largest absolute Gasteiger partial charge is 0.384 e.